The summed E-state index contributed by atoms with van der Waals surface area (Å²) in [5.74, 6) is -0.907. The summed E-state index contributed by atoms with van der Waals surface area (Å²) in [6.45, 7) is 5.89. The molecule has 0 aliphatic heterocycles. The number of amides is 1. The van der Waals surface area contributed by atoms with Crippen molar-refractivity contribution in [2.45, 2.75) is 32.1 Å². The van der Waals surface area contributed by atoms with Gasteiger partial charge in [0.2, 0.25) is 0 Å². The summed E-state index contributed by atoms with van der Waals surface area (Å²) in [5, 5.41) is 2.63. The predicted octanol–water partition coefficient (Wildman–Crippen LogP) is 2.84. The number of carbonyl (C=O) groups is 1. The number of hydrogen-bond donors (Lipinski definition) is 1. The van der Waals surface area contributed by atoms with Gasteiger partial charge >= 0.3 is 0 Å². The second-order valence-corrected chi connectivity index (χ2v) is 7.49. The first kappa shape index (κ1) is 16.9. The zero-order valence-corrected chi connectivity index (χ0v) is 13.1. The third-order valence-electron chi connectivity index (χ3n) is 2.84. The van der Waals surface area contributed by atoms with Crippen LogP contribution in [0.4, 0.5) is 4.39 Å². The third-order valence-corrected chi connectivity index (χ3v) is 4.29. The number of benzene rings is 1. The van der Waals surface area contributed by atoms with Crippen LogP contribution in [0.2, 0.25) is 0 Å². The second kappa shape index (κ2) is 6.54. The van der Waals surface area contributed by atoms with E-state index in [2.05, 4.69) is 5.32 Å². The molecule has 112 valence electrons. The molecule has 1 aromatic carbocycles. The van der Waals surface area contributed by atoms with Gasteiger partial charge in [-0.3, -0.25) is 4.79 Å². The van der Waals surface area contributed by atoms with Gasteiger partial charge in [-0.1, -0.05) is 13.8 Å². The van der Waals surface area contributed by atoms with Crippen molar-refractivity contribution in [3.05, 3.63) is 29.1 Å². The summed E-state index contributed by atoms with van der Waals surface area (Å²) in [6.07, 6.45) is 0.779. The molecule has 1 amide bonds. The predicted molar refractivity (Wildman–Crippen MR) is 76.0 cm³/mol. The van der Waals surface area contributed by atoms with E-state index in [9.17, 15) is 17.6 Å². The van der Waals surface area contributed by atoms with E-state index in [0.29, 0.717) is 12.5 Å². The average molecular weight is 322 g/mol. The molecule has 0 aliphatic carbocycles. The maximum absolute atomic E-state index is 13.4. The lowest BCUT2D eigenvalue weighted by molar-refractivity contribution is 0.0950. The van der Waals surface area contributed by atoms with Crippen LogP contribution in [-0.4, -0.2) is 20.9 Å². The van der Waals surface area contributed by atoms with Crippen molar-refractivity contribution >= 4 is 25.6 Å². The third kappa shape index (κ3) is 4.45. The molecule has 0 spiro atoms. The van der Waals surface area contributed by atoms with Gasteiger partial charge in [0, 0.05) is 22.8 Å². The van der Waals surface area contributed by atoms with Crippen molar-refractivity contribution in [2.75, 3.05) is 6.54 Å². The van der Waals surface area contributed by atoms with E-state index in [0.717, 1.165) is 18.6 Å². The van der Waals surface area contributed by atoms with Gasteiger partial charge in [-0.05, 0) is 37.0 Å². The van der Waals surface area contributed by atoms with Crippen molar-refractivity contribution < 1.29 is 17.6 Å². The number of halogens is 2. The van der Waals surface area contributed by atoms with E-state index >= 15 is 0 Å². The van der Waals surface area contributed by atoms with Gasteiger partial charge in [0.25, 0.3) is 15.0 Å². The van der Waals surface area contributed by atoms with E-state index < -0.39 is 20.8 Å². The fourth-order valence-electron chi connectivity index (χ4n) is 1.71. The van der Waals surface area contributed by atoms with E-state index in [-0.39, 0.29) is 16.0 Å². The van der Waals surface area contributed by atoms with Gasteiger partial charge in [0.1, 0.15) is 5.82 Å². The van der Waals surface area contributed by atoms with Crippen molar-refractivity contribution in [3.63, 3.8) is 0 Å². The number of rotatable bonds is 5. The Bertz CT molecular complexity index is 614. The van der Waals surface area contributed by atoms with E-state index in [4.69, 9.17) is 10.7 Å². The van der Waals surface area contributed by atoms with Crippen LogP contribution in [0.25, 0.3) is 0 Å². The van der Waals surface area contributed by atoms with Crippen LogP contribution in [0, 0.1) is 18.7 Å². The summed E-state index contributed by atoms with van der Waals surface area (Å²) < 4.78 is 36.1. The Morgan fingerprint density at radius 1 is 1.40 bits per heavy atom. The number of hydrogen-bond acceptors (Lipinski definition) is 3. The lowest BCUT2D eigenvalue weighted by atomic mass is 10.1. The van der Waals surface area contributed by atoms with E-state index in [1.165, 1.54) is 6.92 Å². The van der Waals surface area contributed by atoms with Gasteiger partial charge in [-0.25, -0.2) is 12.8 Å². The molecule has 0 radical (unpaired) electrons. The Balaban J connectivity index is 3.07. The van der Waals surface area contributed by atoms with Crippen LogP contribution in [0.1, 0.15) is 36.2 Å². The largest absolute Gasteiger partial charge is 0.352 e. The van der Waals surface area contributed by atoms with Crippen LogP contribution in [0.5, 0.6) is 0 Å². The van der Waals surface area contributed by atoms with E-state index in [1.54, 1.807) is 0 Å². The summed E-state index contributed by atoms with van der Waals surface area (Å²) >= 11 is 0. The molecule has 7 heteroatoms. The van der Waals surface area contributed by atoms with Crippen LogP contribution < -0.4 is 5.32 Å². The molecule has 0 heterocycles. The Morgan fingerprint density at radius 3 is 2.50 bits per heavy atom. The molecule has 0 aliphatic rings. The Kier molecular flexibility index (Phi) is 5.53. The molecule has 4 nitrogen and oxygen atoms in total. The van der Waals surface area contributed by atoms with Gasteiger partial charge in [-0.15, -0.1) is 0 Å². The van der Waals surface area contributed by atoms with Gasteiger partial charge < -0.3 is 5.32 Å². The highest BCUT2D eigenvalue weighted by Gasteiger charge is 2.21. The first-order valence-electron chi connectivity index (χ1n) is 6.16. The quantitative estimate of drug-likeness (QED) is 0.848. The summed E-state index contributed by atoms with van der Waals surface area (Å²) in [7, 11) is 1.14. The molecule has 0 atom stereocenters. The van der Waals surface area contributed by atoms with E-state index in [1.807, 2.05) is 13.8 Å². The molecule has 0 bridgehead atoms. The molecule has 1 rings (SSSR count). The molecule has 20 heavy (non-hydrogen) atoms. The minimum Gasteiger partial charge on any atom is -0.352 e. The molecule has 1 aromatic rings. The monoisotopic (exact) mass is 321 g/mol. The van der Waals surface area contributed by atoms with Crippen LogP contribution in [-0.2, 0) is 9.05 Å². The van der Waals surface area contributed by atoms with Crippen molar-refractivity contribution in [3.8, 4) is 0 Å². The minimum absolute atomic E-state index is 0.0204. The first-order chi connectivity index (χ1) is 9.12. The standard InChI is InChI=1S/C13H17ClFNO3S/c1-8(2)4-5-16-13(17)11-6-10(15)7-12(9(11)3)20(14,18)19/h6-8H,4-5H2,1-3H3,(H,16,17). The average Bonchev–Trinajstić information content (AvgIpc) is 2.29. The molecule has 0 unspecified atom stereocenters. The van der Waals surface area contributed by atoms with Crippen molar-refractivity contribution in [1.82, 2.24) is 5.32 Å². The fraction of sp³-hybridized carbons (Fsp3) is 0.462. The van der Waals surface area contributed by atoms with Gasteiger partial charge in [0.05, 0.1) is 4.90 Å². The number of nitrogens with one attached hydrogen (secondary N) is 1. The topological polar surface area (TPSA) is 63.2 Å². The first-order valence-corrected chi connectivity index (χ1v) is 8.47. The molecule has 0 saturated carbocycles. The summed E-state index contributed by atoms with van der Waals surface area (Å²) in [6, 6.07) is 1.81. The van der Waals surface area contributed by atoms with Gasteiger partial charge in [-0.2, -0.15) is 0 Å². The lowest BCUT2D eigenvalue weighted by Gasteiger charge is -2.11. The minimum atomic E-state index is -4.09. The summed E-state index contributed by atoms with van der Waals surface area (Å²) in [5.41, 5.74) is 0.122. The van der Waals surface area contributed by atoms with Crippen LogP contribution >= 0.6 is 10.7 Å². The molecule has 0 fully saturated rings. The molecular formula is C13H17ClFNO3S. The maximum Gasteiger partial charge on any atom is 0.261 e. The van der Waals surface area contributed by atoms with Crippen LogP contribution in [0.15, 0.2) is 17.0 Å². The maximum atomic E-state index is 13.4. The summed E-state index contributed by atoms with van der Waals surface area (Å²) in [4.78, 5) is 11.6. The number of carbonyl (C=O) groups excluding carboxylic acids is 1. The highest BCUT2D eigenvalue weighted by atomic mass is 35.7. The molecule has 1 N–H and O–H groups in total. The Labute approximate surface area is 122 Å². The highest BCUT2D eigenvalue weighted by Crippen LogP contribution is 2.24. The second-order valence-electron chi connectivity index (χ2n) is 4.95. The molecule has 0 saturated heterocycles. The smallest absolute Gasteiger partial charge is 0.261 e. The molecule has 0 aromatic heterocycles. The normalized spacial score (nSPS) is 11.7. The fourth-order valence-corrected chi connectivity index (χ4v) is 2.92. The van der Waals surface area contributed by atoms with Crippen LogP contribution in [0.3, 0.4) is 0 Å². The Hall–Kier alpha value is -1.14. The molecular weight excluding hydrogens is 305 g/mol. The Morgan fingerprint density at radius 2 is 2.00 bits per heavy atom. The van der Waals surface area contributed by atoms with Gasteiger partial charge in [0.15, 0.2) is 0 Å². The lowest BCUT2D eigenvalue weighted by Crippen LogP contribution is -2.26. The van der Waals surface area contributed by atoms with Crippen molar-refractivity contribution in [2.24, 2.45) is 5.92 Å². The zero-order chi connectivity index (χ0) is 15.5. The van der Waals surface area contributed by atoms with Crippen molar-refractivity contribution in [1.29, 1.82) is 0 Å². The SMILES string of the molecule is Cc1c(C(=O)NCCC(C)C)cc(F)cc1S(=O)(=O)Cl. The highest BCUT2D eigenvalue weighted by molar-refractivity contribution is 8.13. The zero-order valence-electron chi connectivity index (χ0n) is 11.5.